The van der Waals surface area contributed by atoms with Crippen LogP contribution in [0.2, 0.25) is 0 Å². The first kappa shape index (κ1) is 21.5. The lowest BCUT2D eigenvalue weighted by Crippen LogP contribution is -3.14. The normalized spacial score (nSPS) is 36.7. The van der Waals surface area contributed by atoms with Crippen molar-refractivity contribution in [3.05, 3.63) is 40.0 Å². The topological polar surface area (TPSA) is 114 Å². The maximum atomic E-state index is 12.9. The summed E-state index contributed by atoms with van der Waals surface area (Å²) in [5, 5.41) is 52.7. The highest BCUT2D eigenvalue weighted by atomic mass is 16.6. The predicted molar refractivity (Wildman–Crippen MR) is 99.7 cm³/mol. The summed E-state index contributed by atoms with van der Waals surface area (Å²) in [6, 6.07) is 3.21. The number of nitrogens with zero attached hydrogens (tertiary/aromatic N) is 3. The van der Waals surface area contributed by atoms with Gasteiger partial charge >= 0.3 is 0 Å². The van der Waals surface area contributed by atoms with Crippen molar-refractivity contribution in [1.82, 2.24) is 15.1 Å². The zero-order valence-corrected chi connectivity index (χ0v) is 17.9. The molecular weight excluding hydrogens is 362 g/mol. The Balaban J connectivity index is 1.94. The minimum Gasteiger partial charge on any atom is -0.632 e. The van der Waals surface area contributed by atoms with Crippen molar-refractivity contribution in [3.8, 4) is 0 Å². The van der Waals surface area contributed by atoms with E-state index in [0.29, 0.717) is 11.3 Å². The summed E-state index contributed by atoms with van der Waals surface area (Å²) in [5.41, 5.74) is -2.53. The molecular formula is C19H31N5O4. The second kappa shape index (κ2) is 6.16. The number of nitrogens with one attached hydrogen (secondary N) is 2. The molecule has 9 heteroatoms. The number of hydrogen-bond acceptors (Lipinski definition) is 5. The van der Waals surface area contributed by atoms with Crippen LogP contribution in [-0.4, -0.2) is 37.3 Å². The molecule has 0 aromatic carbocycles. The summed E-state index contributed by atoms with van der Waals surface area (Å²) < 4.78 is 0. The minimum atomic E-state index is -0.991. The van der Waals surface area contributed by atoms with Crippen molar-refractivity contribution >= 4 is 0 Å². The van der Waals surface area contributed by atoms with E-state index in [4.69, 9.17) is 0 Å². The minimum absolute atomic E-state index is 0.160. The zero-order valence-electron chi connectivity index (χ0n) is 17.9. The number of hydrogen-bond donors (Lipinski definition) is 2. The third-order valence-corrected chi connectivity index (χ3v) is 7.76. The molecule has 3 heterocycles. The summed E-state index contributed by atoms with van der Waals surface area (Å²) in [4.78, 5) is 4.32. The van der Waals surface area contributed by atoms with Gasteiger partial charge in [-0.2, -0.15) is 0 Å². The smallest absolute Gasteiger partial charge is 0.213 e. The Labute approximate surface area is 166 Å². The molecule has 3 rings (SSSR count). The van der Waals surface area contributed by atoms with Crippen LogP contribution in [0.5, 0.6) is 0 Å². The van der Waals surface area contributed by atoms with Gasteiger partial charge in [-0.3, -0.25) is 4.98 Å². The molecule has 0 aliphatic carbocycles. The lowest BCUT2D eigenvalue weighted by Gasteiger charge is -2.39. The number of quaternary nitrogens is 2. The Hall–Kier alpha value is -1.17. The fourth-order valence-electron chi connectivity index (χ4n) is 3.98. The lowest BCUT2D eigenvalue weighted by atomic mass is 9.84. The first-order chi connectivity index (χ1) is 12.6. The van der Waals surface area contributed by atoms with Gasteiger partial charge in [-0.1, -0.05) is 10.1 Å². The summed E-state index contributed by atoms with van der Waals surface area (Å²) in [6.07, 6.45) is -0.490. The van der Waals surface area contributed by atoms with Gasteiger partial charge in [-0.05, 0) is 67.5 Å². The largest absolute Gasteiger partial charge is 0.632 e. The highest BCUT2D eigenvalue weighted by Gasteiger charge is 2.62. The van der Waals surface area contributed by atoms with Crippen LogP contribution >= 0.6 is 0 Å². The van der Waals surface area contributed by atoms with Crippen LogP contribution in [0.4, 0.5) is 0 Å². The van der Waals surface area contributed by atoms with Gasteiger partial charge in [0.25, 0.3) is 0 Å². The average Bonchev–Trinajstić information content (AvgIpc) is 2.80. The molecule has 9 nitrogen and oxygen atoms in total. The molecule has 2 aliphatic rings. The molecule has 1 aromatic heterocycles. The van der Waals surface area contributed by atoms with Crippen LogP contribution in [0.3, 0.4) is 0 Å². The van der Waals surface area contributed by atoms with Crippen molar-refractivity contribution in [1.29, 1.82) is 0 Å². The van der Waals surface area contributed by atoms with Crippen LogP contribution in [0, 0.1) is 10.4 Å². The van der Waals surface area contributed by atoms with Gasteiger partial charge in [0.05, 0.1) is 0 Å². The quantitative estimate of drug-likeness (QED) is 0.701. The monoisotopic (exact) mass is 393 g/mol. The fraction of sp³-hybridized carbons (Fsp3) is 0.737. The van der Waals surface area contributed by atoms with Gasteiger partial charge in [0.2, 0.25) is 6.17 Å². The molecule has 2 radical (unpaired) electrons. The fourth-order valence-corrected chi connectivity index (χ4v) is 3.98. The molecule has 2 fully saturated rings. The van der Waals surface area contributed by atoms with Gasteiger partial charge in [0.15, 0.2) is 6.17 Å². The van der Waals surface area contributed by atoms with E-state index in [0.717, 1.165) is 10.1 Å². The maximum absolute atomic E-state index is 12.9. The summed E-state index contributed by atoms with van der Waals surface area (Å²) in [5.74, 6) is 0. The highest BCUT2D eigenvalue weighted by molar-refractivity contribution is 5.20. The maximum Gasteiger partial charge on any atom is 0.213 e. The van der Waals surface area contributed by atoms with Crippen LogP contribution in [0.1, 0.15) is 79.0 Å². The molecule has 2 aliphatic heterocycles. The Morgan fingerprint density at radius 3 is 1.57 bits per heavy atom. The van der Waals surface area contributed by atoms with Gasteiger partial charge in [-0.25, -0.2) is 0 Å². The molecule has 0 saturated carbocycles. The zero-order chi connectivity index (χ0) is 21.4. The van der Waals surface area contributed by atoms with Crippen LogP contribution in [0.15, 0.2) is 18.3 Å². The molecule has 28 heavy (non-hydrogen) atoms. The second-order valence-corrected chi connectivity index (χ2v) is 10.1. The van der Waals surface area contributed by atoms with Gasteiger partial charge in [-0.15, -0.1) is 10.4 Å². The van der Waals surface area contributed by atoms with Crippen molar-refractivity contribution < 1.29 is 20.5 Å². The van der Waals surface area contributed by atoms with E-state index in [1.54, 1.807) is 67.5 Å². The van der Waals surface area contributed by atoms with Crippen molar-refractivity contribution in [2.24, 2.45) is 0 Å². The molecule has 2 saturated heterocycles. The van der Waals surface area contributed by atoms with Crippen LogP contribution in [-0.2, 0) is 10.4 Å². The summed E-state index contributed by atoms with van der Waals surface area (Å²) >= 11 is 0. The van der Waals surface area contributed by atoms with E-state index < -0.39 is 34.5 Å². The Kier molecular flexibility index (Phi) is 4.74. The molecule has 2 N–H and O–H groups in total. The highest BCUT2D eigenvalue weighted by Crippen LogP contribution is 2.38. The third-order valence-electron chi connectivity index (χ3n) is 7.76. The Morgan fingerprint density at radius 2 is 1.25 bits per heavy atom. The van der Waals surface area contributed by atoms with Crippen molar-refractivity contribution in [3.63, 3.8) is 0 Å². The summed E-state index contributed by atoms with van der Waals surface area (Å²) in [6.45, 7) is 14.1. The SMILES string of the molecule is CC1(C)N([O])C(c2ccc(C3N([O])C(C)(C)C(C)(C)[NH+]3[O-])nc2)[NH+]([O-])C1(C)C. The molecule has 0 spiro atoms. The Bertz CT molecular complexity index is 646. The van der Waals surface area contributed by atoms with E-state index in [-0.39, 0.29) is 10.1 Å². The van der Waals surface area contributed by atoms with E-state index >= 15 is 0 Å². The average molecular weight is 393 g/mol. The molecule has 0 amide bonds. The Morgan fingerprint density at radius 1 is 0.821 bits per heavy atom. The van der Waals surface area contributed by atoms with Crippen LogP contribution in [0.25, 0.3) is 0 Å². The van der Waals surface area contributed by atoms with Gasteiger partial charge in [0, 0.05) is 11.8 Å². The van der Waals surface area contributed by atoms with E-state index in [1.165, 1.54) is 6.20 Å². The summed E-state index contributed by atoms with van der Waals surface area (Å²) in [7, 11) is 0. The molecule has 0 bridgehead atoms. The number of pyridine rings is 1. The van der Waals surface area contributed by atoms with Gasteiger partial charge in [0.1, 0.15) is 27.8 Å². The standard InChI is InChI=1S/C19H31N5O4/c1-16(2)17(3,4)22(26)14(21(16)25)12-9-10-13(20-11-12)15-23(27)18(5,6)19(7,8)24(15)28/h9-11,14-15,21,23H,1-8H3. The number of aromatic nitrogens is 1. The number of rotatable bonds is 2. The van der Waals surface area contributed by atoms with Crippen molar-refractivity contribution in [2.75, 3.05) is 0 Å². The van der Waals surface area contributed by atoms with Crippen molar-refractivity contribution in [2.45, 2.75) is 89.9 Å². The van der Waals surface area contributed by atoms with Crippen LogP contribution < -0.4 is 10.1 Å². The second-order valence-electron chi connectivity index (χ2n) is 10.1. The lowest BCUT2D eigenvalue weighted by molar-refractivity contribution is -0.927. The molecule has 1 aromatic rings. The number of hydroxylamine groups is 8. The molecule has 4 atom stereocenters. The van der Waals surface area contributed by atoms with E-state index in [9.17, 15) is 20.8 Å². The molecule has 4 unspecified atom stereocenters. The van der Waals surface area contributed by atoms with E-state index in [2.05, 4.69) is 4.98 Å². The third kappa shape index (κ3) is 2.52. The van der Waals surface area contributed by atoms with E-state index in [1.807, 2.05) is 0 Å². The first-order valence-corrected chi connectivity index (χ1v) is 9.57. The first-order valence-electron chi connectivity index (χ1n) is 9.57. The van der Waals surface area contributed by atoms with Gasteiger partial charge < -0.3 is 20.5 Å². The predicted octanol–water partition coefficient (Wildman–Crippen LogP) is 0.281. The molecule has 156 valence electrons.